The Hall–Kier alpha value is -2.80. The van der Waals surface area contributed by atoms with E-state index in [0.717, 1.165) is 23.7 Å². The summed E-state index contributed by atoms with van der Waals surface area (Å²) >= 11 is 1.13. The monoisotopic (exact) mass is 384 g/mol. The molecule has 140 valence electrons. The van der Waals surface area contributed by atoms with Crippen LogP contribution in [0.5, 0.6) is 0 Å². The average Bonchev–Trinajstić information content (AvgIpc) is 3.10. The molecule has 1 amide bonds. The van der Waals surface area contributed by atoms with Crippen LogP contribution in [-0.4, -0.2) is 28.7 Å². The van der Waals surface area contributed by atoms with Crippen molar-refractivity contribution in [2.45, 2.75) is 31.6 Å². The summed E-state index contributed by atoms with van der Waals surface area (Å²) in [6.07, 6.45) is 0.0348. The molecule has 1 heterocycles. The molecule has 27 heavy (non-hydrogen) atoms. The predicted octanol–water partition coefficient (Wildman–Crippen LogP) is 4.05. The molecule has 3 aromatic rings. The molecule has 0 saturated heterocycles. The molecule has 0 unspecified atom stereocenters. The lowest BCUT2D eigenvalue weighted by Crippen LogP contribution is -2.30. The van der Waals surface area contributed by atoms with Crippen molar-refractivity contribution in [3.05, 3.63) is 54.1 Å². The number of thioether (sulfide) groups is 1. The number of ether oxygens (including phenoxy) is 1. The van der Waals surface area contributed by atoms with Crippen molar-refractivity contribution in [1.29, 1.82) is 0 Å². The lowest BCUT2D eigenvalue weighted by molar-refractivity contribution is -0.150. The summed E-state index contributed by atoms with van der Waals surface area (Å²) in [4.78, 5) is 28.4. The number of oxazole rings is 1. The van der Waals surface area contributed by atoms with E-state index < -0.39 is 12.1 Å². The summed E-state index contributed by atoms with van der Waals surface area (Å²) in [5.41, 5.74) is 3.25. The number of para-hydroxylation sites is 2. The van der Waals surface area contributed by atoms with Gasteiger partial charge in [-0.3, -0.25) is 9.59 Å². The number of aryl methyl sites for hydroxylation is 1. The Bertz CT molecular complexity index is 904. The second-order valence-electron chi connectivity index (χ2n) is 5.91. The molecule has 1 atom stereocenters. The van der Waals surface area contributed by atoms with Crippen LogP contribution < -0.4 is 5.32 Å². The molecule has 0 aliphatic rings. The third-order valence-electron chi connectivity index (χ3n) is 3.89. The first-order chi connectivity index (χ1) is 13.0. The minimum absolute atomic E-state index is 0.00956. The topological polar surface area (TPSA) is 81.4 Å². The summed E-state index contributed by atoms with van der Waals surface area (Å²) in [7, 11) is 0. The summed E-state index contributed by atoms with van der Waals surface area (Å²) in [6, 6.07) is 14.9. The maximum Gasteiger partial charge on any atom is 0.317 e. The SMILES string of the molecule is CCc1ccc(NC(=O)[C@@H](C)OC(=O)CSc2nc3ccccc3o2)cc1. The Balaban J connectivity index is 1.48. The first-order valence-electron chi connectivity index (χ1n) is 8.63. The van der Waals surface area contributed by atoms with Crippen LogP contribution in [-0.2, 0) is 20.7 Å². The van der Waals surface area contributed by atoms with Gasteiger partial charge in [-0.15, -0.1) is 0 Å². The maximum absolute atomic E-state index is 12.2. The van der Waals surface area contributed by atoms with Crippen LogP contribution in [0.25, 0.3) is 11.1 Å². The number of esters is 1. The van der Waals surface area contributed by atoms with Crippen molar-refractivity contribution >= 4 is 40.4 Å². The van der Waals surface area contributed by atoms with Gasteiger partial charge in [0, 0.05) is 5.69 Å². The van der Waals surface area contributed by atoms with E-state index in [0.29, 0.717) is 16.5 Å². The van der Waals surface area contributed by atoms with E-state index in [1.54, 1.807) is 0 Å². The number of amides is 1. The molecule has 0 fully saturated rings. The first-order valence-corrected chi connectivity index (χ1v) is 9.61. The number of carbonyl (C=O) groups excluding carboxylic acids is 2. The van der Waals surface area contributed by atoms with Crippen LogP contribution in [0, 0.1) is 0 Å². The molecule has 6 nitrogen and oxygen atoms in total. The van der Waals surface area contributed by atoms with E-state index >= 15 is 0 Å². The highest BCUT2D eigenvalue weighted by Crippen LogP contribution is 2.23. The number of fused-ring (bicyclic) bond motifs is 1. The number of benzene rings is 2. The van der Waals surface area contributed by atoms with Gasteiger partial charge >= 0.3 is 5.97 Å². The van der Waals surface area contributed by atoms with Gasteiger partial charge in [0.05, 0.1) is 0 Å². The summed E-state index contributed by atoms with van der Waals surface area (Å²) in [5.74, 6) is -0.874. The minimum Gasteiger partial charge on any atom is -0.452 e. The zero-order valence-corrected chi connectivity index (χ0v) is 15.9. The molecule has 1 aromatic heterocycles. The van der Waals surface area contributed by atoms with E-state index in [1.165, 1.54) is 12.5 Å². The second kappa shape index (κ2) is 8.73. The van der Waals surface area contributed by atoms with Gasteiger partial charge in [0.1, 0.15) is 11.3 Å². The van der Waals surface area contributed by atoms with Gasteiger partial charge < -0.3 is 14.5 Å². The molecule has 0 aliphatic carbocycles. The highest BCUT2D eigenvalue weighted by atomic mass is 32.2. The summed E-state index contributed by atoms with van der Waals surface area (Å²) in [5, 5.41) is 3.13. The third kappa shape index (κ3) is 5.10. The van der Waals surface area contributed by atoms with Crippen LogP contribution in [0.2, 0.25) is 0 Å². The molecule has 3 rings (SSSR count). The van der Waals surface area contributed by atoms with Gasteiger partial charge in [-0.25, -0.2) is 4.98 Å². The number of aromatic nitrogens is 1. The summed E-state index contributed by atoms with van der Waals surface area (Å²) in [6.45, 7) is 3.60. The molecule has 2 aromatic carbocycles. The van der Waals surface area contributed by atoms with Crippen molar-refractivity contribution in [3.8, 4) is 0 Å². The largest absolute Gasteiger partial charge is 0.452 e. The Morgan fingerprint density at radius 3 is 2.63 bits per heavy atom. The number of hydrogen-bond acceptors (Lipinski definition) is 6. The van der Waals surface area contributed by atoms with Gasteiger partial charge in [0.15, 0.2) is 11.7 Å². The quantitative estimate of drug-likeness (QED) is 0.489. The fraction of sp³-hybridized carbons (Fsp3) is 0.250. The van der Waals surface area contributed by atoms with E-state index in [9.17, 15) is 9.59 Å². The normalized spacial score (nSPS) is 11.9. The van der Waals surface area contributed by atoms with Gasteiger partial charge in [0.2, 0.25) is 0 Å². The zero-order chi connectivity index (χ0) is 19.2. The van der Waals surface area contributed by atoms with Crippen LogP contribution >= 0.6 is 11.8 Å². The van der Waals surface area contributed by atoms with Crippen LogP contribution in [0.3, 0.4) is 0 Å². The van der Waals surface area contributed by atoms with Crippen LogP contribution in [0.1, 0.15) is 19.4 Å². The fourth-order valence-electron chi connectivity index (χ4n) is 2.39. The highest BCUT2D eigenvalue weighted by molar-refractivity contribution is 7.99. The second-order valence-corrected chi connectivity index (χ2v) is 6.83. The van der Waals surface area contributed by atoms with Crippen molar-refractivity contribution in [3.63, 3.8) is 0 Å². The van der Waals surface area contributed by atoms with E-state index in [-0.39, 0.29) is 11.7 Å². The van der Waals surface area contributed by atoms with Crippen molar-refractivity contribution < 1.29 is 18.7 Å². The average molecular weight is 384 g/mol. The molecule has 0 radical (unpaired) electrons. The Labute approximate surface area is 161 Å². The van der Waals surface area contributed by atoms with Crippen molar-refractivity contribution in [2.24, 2.45) is 0 Å². The molecule has 0 saturated carbocycles. The van der Waals surface area contributed by atoms with Crippen LogP contribution in [0.15, 0.2) is 58.2 Å². The van der Waals surface area contributed by atoms with Gasteiger partial charge in [-0.05, 0) is 43.2 Å². The Kier molecular flexibility index (Phi) is 6.13. The van der Waals surface area contributed by atoms with Gasteiger partial charge in [-0.2, -0.15) is 0 Å². The summed E-state index contributed by atoms with van der Waals surface area (Å²) < 4.78 is 10.7. The van der Waals surface area contributed by atoms with Crippen LogP contribution in [0.4, 0.5) is 5.69 Å². The Morgan fingerprint density at radius 1 is 1.19 bits per heavy atom. The molecule has 0 spiro atoms. The van der Waals surface area contributed by atoms with E-state index in [2.05, 4.69) is 17.2 Å². The Morgan fingerprint density at radius 2 is 1.93 bits per heavy atom. The first kappa shape index (κ1) is 19.0. The van der Waals surface area contributed by atoms with E-state index in [1.807, 2.05) is 48.5 Å². The number of nitrogens with one attached hydrogen (secondary N) is 1. The molecule has 1 N–H and O–H groups in total. The minimum atomic E-state index is -0.896. The highest BCUT2D eigenvalue weighted by Gasteiger charge is 2.19. The number of hydrogen-bond donors (Lipinski definition) is 1. The molecule has 0 aliphatic heterocycles. The van der Waals surface area contributed by atoms with Gasteiger partial charge in [0.25, 0.3) is 11.1 Å². The smallest absolute Gasteiger partial charge is 0.317 e. The molecule has 0 bridgehead atoms. The maximum atomic E-state index is 12.2. The lowest BCUT2D eigenvalue weighted by Gasteiger charge is -2.13. The standard InChI is InChI=1S/C20H20N2O4S/c1-3-14-8-10-15(11-9-14)21-19(24)13(2)25-18(23)12-27-20-22-16-6-4-5-7-17(16)26-20/h4-11,13H,3,12H2,1-2H3,(H,21,24)/t13-/m1/s1. The number of nitrogens with zero attached hydrogens (tertiary/aromatic N) is 1. The molecular formula is C20H20N2O4S. The molecule has 7 heteroatoms. The number of carbonyl (C=O) groups is 2. The molecular weight excluding hydrogens is 364 g/mol. The number of rotatable bonds is 7. The third-order valence-corrected chi connectivity index (χ3v) is 4.70. The van der Waals surface area contributed by atoms with E-state index in [4.69, 9.17) is 9.15 Å². The van der Waals surface area contributed by atoms with Crippen molar-refractivity contribution in [1.82, 2.24) is 4.98 Å². The fourth-order valence-corrected chi connectivity index (χ4v) is 3.01. The van der Waals surface area contributed by atoms with Gasteiger partial charge in [-0.1, -0.05) is 43.0 Å². The lowest BCUT2D eigenvalue weighted by atomic mass is 10.1. The predicted molar refractivity (Wildman–Crippen MR) is 105 cm³/mol. The van der Waals surface area contributed by atoms with Crippen molar-refractivity contribution in [2.75, 3.05) is 11.1 Å². The number of anilines is 1. The zero-order valence-electron chi connectivity index (χ0n) is 15.1.